The Morgan fingerprint density at radius 3 is 1.33 bits per heavy atom. The Kier molecular flexibility index (Phi) is 5.43. The molecule has 0 radical (unpaired) electrons. The molecule has 0 aromatic heterocycles. The van der Waals surface area contributed by atoms with E-state index >= 15 is 0 Å². The smallest absolute Gasteiger partial charge is 0.180 e. The van der Waals surface area contributed by atoms with E-state index in [9.17, 15) is 0 Å². The van der Waals surface area contributed by atoms with Gasteiger partial charge in [0.15, 0.2) is 8.07 Å². The van der Waals surface area contributed by atoms with Gasteiger partial charge in [-0.15, -0.1) is 0 Å². The highest BCUT2D eigenvalue weighted by Gasteiger charge is 2.49. The van der Waals surface area contributed by atoms with Gasteiger partial charge < -0.3 is 0 Å². The summed E-state index contributed by atoms with van der Waals surface area (Å²) in [5.74, 6) is 0. The molecule has 3 heteroatoms. The third-order valence-electron chi connectivity index (χ3n) is 6.72. The van der Waals surface area contributed by atoms with Gasteiger partial charge in [0.1, 0.15) is 0 Å². The first-order valence-electron chi connectivity index (χ1n) is 11.5. The van der Waals surface area contributed by atoms with Gasteiger partial charge in [0.25, 0.3) is 0 Å². The van der Waals surface area contributed by atoms with Gasteiger partial charge in [-0.2, -0.15) is 0 Å². The van der Waals surface area contributed by atoms with E-state index in [4.69, 9.17) is 0 Å². The van der Waals surface area contributed by atoms with Crippen LogP contribution in [0.15, 0.2) is 94.9 Å². The zero-order valence-corrected chi connectivity index (χ0v) is 20.6. The molecule has 4 aromatic carbocycles. The lowest BCUT2D eigenvalue weighted by molar-refractivity contribution is 1.40. The Hall–Kier alpha value is -3.56. The van der Waals surface area contributed by atoms with Gasteiger partial charge in [-0.1, -0.05) is 72.8 Å². The van der Waals surface area contributed by atoms with Crippen molar-refractivity contribution in [1.82, 2.24) is 0 Å². The number of rotatable bonds is 4. The van der Waals surface area contributed by atoms with Crippen LogP contribution in [0.2, 0.25) is 0 Å². The number of fused-ring (bicyclic) bond motifs is 3. The van der Waals surface area contributed by atoms with Crippen molar-refractivity contribution in [2.45, 2.75) is 27.7 Å². The number of nitrogens with zero attached hydrogens (tertiary/aromatic N) is 2. The van der Waals surface area contributed by atoms with Crippen molar-refractivity contribution >= 4 is 52.6 Å². The summed E-state index contributed by atoms with van der Waals surface area (Å²) >= 11 is 0. The molecule has 1 aliphatic rings. The monoisotopic (exact) mass is 444 g/mol. The zero-order chi connectivity index (χ0) is 23.0. The molecule has 162 valence electrons. The molecule has 1 aliphatic heterocycles. The van der Waals surface area contributed by atoms with Crippen LogP contribution in [0.25, 0.3) is 11.1 Å². The van der Waals surface area contributed by atoms with E-state index in [0.717, 1.165) is 11.4 Å². The van der Waals surface area contributed by atoms with Crippen LogP contribution in [0.4, 0.5) is 11.4 Å². The lowest BCUT2D eigenvalue weighted by atomic mass is 10.0. The summed E-state index contributed by atoms with van der Waals surface area (Å²) in [7, 11) is -2.48. The van der Waals surface area contributed by atoms with Crippen molar-refractivity contribution in [2.75, 3.05) is 0 Å². The SMILES string of the molecule is CC=Nc1cc2c(cc1C)[Si](c1ccccc1)(c1ccccc1)c1cc(C)c(N=CC)cc1-2. The van der Waals surface area contributed by atoms with Crippen LogP contribution < -0.4 is 20.7 Å². The summed E-state index contributed by atoms with van der Waals surface area (Å²) in [6.45, 7) is 8.31. The molecule has 4 aromatic rings. The maximum absolute atomic E-state index is 4.69. The van der Waals surface area contributed by atoms with Crippen LogP contribution in [0.5, 0.6) is 0 Å². The lowest BCUT2D eigenvalue weighted by Crippen LogP contribution is -2.72. The molecule has 0 saturated carbocycles. The fraction of sp³-hybridized carbons (Fsp3) is 0.133. The van der Waals surface area contributed by atoms with E-state index in [1.54, 1.807) is 0 Å². The maximum Gasteiger partial charge on any atom is 0.180 e. The van der Waals surface area contributed by atoms with Gasteiger partial charge in [-0.3, -0.25) is 9.98 Å². The van der Waals surface area contributed by atoms with Crippen molar-refractivity contribution in [3.05, 3.63) is 96.1 Å². The Morgan fingerprint density at radius 1 is 0.576 bits per heavy atom. The zero-order valence-electron chi connectivity index (χ0n) is 19.6. The van der Waals surface area contributed by atoms with Crippen molar-refractivity contribution in [2.24, 2.45) is 9.98 Å². The van der Waals surface area contributed by atoms with Crippen molar-refractivity contribution < 1.29 is 0 Å². The molecular weight excluding hydrogens is 416 g/mol. The quantitative estimate of drug-likeness (QED) is 0.272. The first-order valence-corrected chi connectivity index (χ1v) is 13.5. The summed E-state index contributed by atoms with van der Waals surface area (Å²) in [5.41, 5.74) is 7.09. The van der Waals surface area contributed by atoms with E-state index < -0.39 is 8.07 Å². The van der Waals surface area contributed by atoms with Gasteiger partial charge in [0.05, 0.1) is 11.4 Å². The largest absolute Gasteiger partial charge is 0.261 e. The van der Waals surface area contributed by atoms with Crippen LogP contribution in [0.3, 0.4) is 0 Å². The summed E-state index contributed by atoms with van der Waals surface area (Å²) in [4.78, 5) is 9.37. The number of benzene rings is 4. The molecule has 33 heavy (non-hydrogen) atoms. The first-order chi connectivity index (χ1) is 16.1. The predicted molar refractivity (Wildman–Crippen MR) is 146 cm³/mol. The molecule has 0 fully saturated rings. The van der Waals surface area contributed by atoms with Crippen molar-refractivity contribution in [1.29, 1.82) is 0 Å². The minimum absolute atomic E-state index is 1.04. The van der Waals surface area contributed by atoms with Crippen molar-refractivity contribution in [3.8, 4) is 11.1 Å². The van der Waals surface area contributed by atoms with Crippen LogP contribution in [0.1, 0.15) is 25.0 Å². The average molecular weight is 445 g/mol. The summed E-state index contributed by atoms with van der Waals surface area (Å²) in [6, 6.07) is 31.6. The second-order valence-corrected chi connectivity index (χ2v) is 12.4. The molecule has 0 N–H and O–H groups in total. The molecule has 0 unspecified atom stereocenters. The Morgan fingerprint density at radius 2 is 0.970 bits per heavy atom. The molecule has 0 bridgehead atoms. The molecule has 0 saturated heterocycles. The van der Waals surface area contributed by atoms with E-state index in [2.05, 4.69) is 109 Å². The van der Waals surface area contributed by atoms with E-state index in [-0.39, 0.29) is 0 Å². The number of hydrogen-bond acceptors (Lipinski definition) is 2. The van der Waals surface area contributed by atoms with Gasteiger partial charge >= 0.3 is 0 Å². The normalized spacial score (nSPS) is 14.1. The van der Waals surface area contributed by atoms with Gasteiger partial charge in [0, 0.05) is 12.4 Å². The molecule has 5 rings (SSSR count). The average Bonchev–Trinajstić information content (AvgIpc) is 3.10. The molecule has 0 spiro atoms. The van der Waals surface area contributed by atoms with Crippen LogP contribution in [-0.2, 0) is 0 Å². The minimum atomic E-state index is -2.48. The fourth-order valence-electron chi connectivity index (χ4n) is 5.33. The highest BCUT2D eigenvalue weighted by Crippen LogP contribution is 2.36. The van der Waals surface area contributed by atoms with Crippen molar-refractivity contribution in [3.63, 3.8) is 0 Å². The van der Waals surface area contributed by atoms with Gasteiger partial charge in [-0.25, -0.2) is 0 Å². The fourth-order valence-corrected chi connectivity index (χ4v) is 10.7. The molecule has 0 amide bonds. The first kappa shape index (κ1) is 21.3. The topological polar surface area (TPSA) is 24.7 Å². The molecule has 1 heterocycles. The van der Waals surface area contributed by atoms with Gasteiger partial charge in [-0.05, 0) is 82.8 Å². The molecule has 0 atom stereocenters. The summed E-state index contributed by atoms with van der Waals surface area (Å²) in [5, 5.41) is 5.71. The number of aryl methyl sites for hydroxylation is 2. The second kappa shape index (κ2) is 8.42. The summed E-state index contributed by atoms with van der Waals surface area (Å²) < 4.78 is 0. The standard InChI is InChI=1S/C30H28N2Si/c1-5-31-27-19-25-26-20-28(32-6-2)22(4)18-30(26)33(29(25)17-21(27)3,23-13-9-7-10-14-23)24-15-11-8-12-16-24/h5-20H,1-4H3. The highest BCUT2D eigenvalue weighted by atomic mass is 28.3. The highest BCUT2D eigenvalue weighted by molar-refractivity contribution is 7.22. The van der Waals surface area contributed by atoms with Gasteiger partial charge in [0.2, 0.25) is 0 Å². The number of aliphatic imine (C=N–C) groups is 2. The molecular formula is C30H28N2Si. The van der Waals surface area contributed by atoms with Crippen LogP contribution in [0, 0.1) is 13.8 Å². The van der Waals surface area contributed by atoms with E-state index in [1.165, 1.54) is 43.0 Å². The van der Waals surface area contributed by atoms with E-state index in [0.29, 0.717) is 0 Å². The Labute approximate surface area is 197 Å². The lowest BCUT2D eigenvalue weighted by Gasteiger charge is -2.31. The second-order valence-electron chi connectivity index (χ2n) is 8.63. The Balaban J connectivity index is 1.98. The van der Waals surface area contributed by atoms with Crippen LogP contribution >= 0.6 is 0 Å². The number of hydrogen-bond donors (Lipinski definition) is 0. The van der Waals surface area contributed by atoms with E-state index in [1.807, 2.05) is 26.3 Å². The minimum Gasteiger partial charge on any atom is -0.261 e. The predicted octanol–water partition coefficient (Wildman–Crippen LogP) is 5.11. The molecule has 0 aliphatic carbocycles. The van der Waals surface area contributed by atoms with Crippen LogP contribution in [-0.4, -0.2) is 20.5 Å². The molecule has 2 nitrogen and oxygen atoms in total. The third-order valence-corrected chi connectivity index (χ3v) is 11.6. The maximum atomic E-state index is 4.69. The summed E-state index contributed by atoms with van der Waals surface area (Å²) in [6.07, 6.45) is 3.76. The third kappa shape index (κ3) is 3.23. The Bertz CT molecular complexity index is 1280.